The number of rotatable bonds is 5. The molecule has 2 heterocycles. The molecular weight excluding hydrogens is 332 g/mol. The fraction of sp³-hybridized carbons (Fsp3) is 0.421. The maximum atomic E-state index is 12.3. The van der Waals surface area contributed by atoms with Crippen molar-refractivity contribution >= 4 is 21.4 Å². The summed E-state index contributed by atoms with van der Waals surface area (Å²) in [7, 11) is 0. The highest BCUT2D eigenvalue weighted by Gasteiger charge is 2.21. The Kier molecular flexibility index (Phi) is 4.90. The van der Waals surface area contributed by atoms with E-state index in [2.05, 4.69) is 47.9 Å². The third-order valence-electron chi connectivity index (χ3n) is 3.80. The molecule has 0 aliphatic rings. The minimum atomic E-state index is -0.111. The van der Waals surface area contributed by atoms with E-state index in [9.17, 15) is 4.79 Å². The van der Waals surface area contributed by atoms with Crippen LogP contribution in [0.15, 0.2) is 41.2 Å². The minimum Gasteiger partial charge on any atom is -0.342 e. The van der Waals surface area contributed by atoms with Gasteiger partial charge in [-0.3, -0.25) is 4.79 Å². The molecule has 0 bridgehead atoms. The first kappa shape index (κ1) is 17.6. The van der Waals surface area contributed by atoms with Crippen molar-refractivity contribution in [1.82, 2.24) is 14.6 Å². The van der Waals surface area contributed by atoms with Crippen molar-refractivity contribution in [2.24, 2.45) is 5.41 Å². The molecule has 0 saturated carbocycles. The molecule has 0 N–H and O–H groups in total. The van der Waals surface area contributed by atoms with E-state index in [0.717, 1.165) is 30.3 Å². The second kappa shape index (κ2) is 6.96. The first-order valence-corrected chi connectivity index (χ1v) is 9.36. The van der Waals surface area contributed by atoms with Crippen molar-refractivity contribution in [3.05, 3.63) is 58.0 Å². The highest BCUT2D eigenvalue weighted by molar-refractivity contribution is 7.20. The van der Waals surface area contributed by atoms with Crippen LogP contribution in [0.3, 0.4) is 0 Å². The van der Waals surface area contributed by atoms with E-state index in [4.69, 9.17) is 0 Å². The van der Waals surface area contributed by atoms with E-state index < -0.39 is 0 Å². The van der Waals surface area contributed by atoms with Gasteiger partial charge in [0.15, 0.2) is 0 Å². The summed E-state index contributed by atoms with van der Waals surface area (Å²) in [6, 6.07) is 11.9. The van der Waals surface area contributed by atoms with Crippen LogP contribution in [0.2, 0.25) is 0 Å². The Bertz CT molecular complexity index is 909. The van der Waals surface area contributed by atoms with E-state index in [0.29, 0.717) is 4.96 Å². The van der Waals surface area contributed by atoms with Gasteiger partial charge in [-0.2, -0.15) is 4.52 Å². The number of aryl methyl sites for hydroxylation is 1. The van der Waals surface area contributed by atoms with Gasteiger partial charge in [0.05, 0.1) is 0 Å². The number of fused-ring (bicyclic) bond motifs is 1. The van der Waals surface area contributed by atoms with Crippen molar-refractivity contribution < 1.29 is 0 Å². The summed E-state index contributed by atoms with van der Waals surface area (Å²) in [5.41, 5.74) is 2.03. The van der Waals surface area contributed by atoms with E-state index >= 15 is 0 Å². The smallest absolute Gasteiger partial charge is 0.275 e. The highest BCUT2D eigenvalue weighted by atomic mass is 32.1. The largest absolute Gasteiger partial charge is 0.342 e. The number of nitrogens with zero attached hydrogens (tertiary/aromatic N) is 4. The van der Waals surface area contributed by atoms with Crippen molar-refractivity contribution in [3.8, 4) is 0 Å². The Labute approximate surface area is 152 Å². The van der Waals surface area contributed by atoms with Crippen LogP contribution in [-0.4, -0.2) is 21.1 Å². The van der Waals surface area contributed by atoms with Gasteiger partial charge in [-0.15, -0.1) is 5.10 Å². The normalized spacial score (nSPS) is 11.8. The average molecular weight is 356 g/mol. The van der Waals surface area contributed by atoms with Crippen LogP contribution < -0.4 is 10.5 Å². The molecule has 0 saturated heterocycles. The Hall–Kier alpha value is -2.21. The third kappa shape index (κ3) is 4.25. The van der Waals surface area contributed by atoms with Gasteiger partial charge >= 0.3 is 0 Å². The molecule has 25 heavy (non-hydrogen) atoms. The topological polar surface area (TPSA) is 50.5 Å². The van der Waals surface area contributed by atoms with Crippen LogP contribution >= 0.6 is 11.3 Å². The SMILES string of the molecule is CCc1cc(=O)n2nc(N(Cc3ccccc3)CC(C)(C)C)sc2n1. The van der Waals surface area contributed by atoms with Crippen LogP contribution in [0.4, 0.5) is 5.13 Å². The van der Waals surface area contributed by atoms with Crippen molar-refractivity contribution in [2.45, 2.75) is 40.7 Å². The maximum absolute atomic E-state index is 12.3. The molecule has 3 rings (SSSR count). The molecule has 0 radical (unpaired) electrons. The predicted octanol–water partition coefficient (Wildman–Crippen LogP) is 3.77. The monoisotopic (exact) mass is 356 g/mol. The summed E-state index contributed by atoms with van der Waals surface area (Å²) >= 11 is 1.48. The summed E-state index contributed by atoms with van der Waals surface area (Å²) in [6.45, 7) is 10.2. The molecule has 0 spiro atoms. The van der Waals surface area contributed by atoms with Gasteiger partial charge in [-0.1, -0.05) is 69.4 Å². The fourth-order valence-corrected chi connectivity index (χ4v) is 3.65. The lowest BCUT2D eigenvalue weighted by molar-refractivity contribution is 0.408. The Morgan fingerprint density at radius 2 is 1.92 bits per heavy atom. The molecule has 132 valence electrons. The van der Waals surface area contributed by atoms with Crippen LogP contribution in [0.5, 0.6) is 0 Å². The molecule has 1 aromatic carbocycles. The van der Waals surface area contributed by atoms with Gasteiger partial charge < -0.3 is 4.90 Å². The lowest BCUT2D eigenvalue weighted by Gasteiger charge is -2.29. The molecule has 2 aromatic heterocycles. The van der Waals surface area contributed by atoms with E-state index in [1.807, 2.05) is 25.1 Å². The number of anilines is 1. The highest BCUT2D eigenvalue weighted by Crippen LogP contribution is 2.27. The van der Waals surface area contributed by atoms with Crippen LogP contribution in [0, 0.1) is 5.41 Å². The van der Waals surface area contributed by atoms with Crippen LogP contribution in [-0.2, 0) is 13.0 Å². The van der Waals surface area contributed by atoms with Crippen molar-refractivity contribution in [1.29, 1.82) is 0 Å². The minimum absolute atomic E-state index is 0.111. The van der Waals surface area contributed by atoms with E-state index in [-0.39, 0.29) is 11.0 Å². The number of benzene rings is 1. The number of aromatic nitrogens is 3. The molecule has 5 nitrogen and oxygen atoms in total. The Balaban J connectivity index is 2.01. The molecule has 0 atom stereocenters. The lowest BCUT2D eigenvalue weighted by Crippen LogP contribution is -2.32. The van der Waals surface area contributed by atoms with E-state index in [1.165, 1.54) is 21.4 Å². The van der Waals surface area contributed by atoms with Gasteiger partial charge in [-0.25, -0.2) is 4.98 Å². The predicted molar refractivity (Wildman–Crippen MR) is 103 cm³/mol. The Morgan fingerprint density at radius 3 is 2.56 bits per heavy atom. The first-order chi connectivity index (χ1) is 11.9. The molecule has 0 fully saturated rings. The van der Waals surface area contributed by atoms with Crippen LogP contribution in [0.25, 0.3) is 4.96 Å². The molecular formula is C19H24N4OS. The summed E-state index contributed by atoms with van der Waals surface area (Å²) in [5.74, 6) is 0. The number of hydrogen-bond acceptors (Lipinski definition) is 5. The summed E-state index contributed by atoms with van der Waals surface area (Å²) < 4.78 is 1.42. The number of hydrogen-bond donors (Lipinski definition) is 0. The second-order valence-electron chi connectivity index (χ2n) is 7.42. The van der Waals surface area contributed by atoms with Gasteiger partial charge in [0.2, 0.25) is 10.1 Å². The lowest BCUT2D eigenvalue weighted by atomic mass is 9.96. The van der Waals surface area contributed by atoms with Crippen LogP contribution in [0.1, 0.15) is 39.0 Å². The molecule has 6 heteroatoms. The second-order valence-corrected chi connectivity index (χ2v) is 8.36. The summed E-state index contributed by atoms with van der Waals surface area (Å²) in [5, 5.41) is 5.38. The Morgan fingerprint density at radius 1 is 1.20 bits per heavy atom. The third-order valence-corrected chi connectivity index (χ3v) is 4.77. The fourth-order valence-electron chi connectivity index (χ4n) is 2.72. The van der Waals surface area contributed by atoms with Gasteiger partial charge in [0.25, 0.3) is 5.56 Å². The standard InChI is InChI=1S/C19H24N4OS/c1-5-15-11-16(24)23-17(20-15)25-18(21-23)22(13-19(2,3)4)12-14-9-7-6-8-10-14/h6-11H,5,12-13H2,1-4H3. The molecule has 0 aliphatic carbocycles. The zero-order chi connectivity index (χ0) is 18.0. The molecule has 0 unspecified atom stereocenters. The summed E-state index contributed by atoms with van der Waals surface area (Å²) in [4.78, 5) is 19.7. The van der Waals surface area contributed by atoms with Gasteiger partial charge in [0, 0.05) is 24.8 Å². The first-order valence-electron chi connectivity index (χ1n) is 8.54. The zero-order valence-electron chi connectivity index (χ0n) is 15.2. The molecule has 0 aliphatic heterocycles. The van der Waals surface area contributed by atoms with Crippen molar-refractivity contribution in [3.63, 3.8) is 0 Å². The molecule has 0 amide bonds. The quantitative estimate of drug-likeness (QED) is 0.698. The van der Waals surface area contributed by atoms with Gasteiger partial charge in [0.1, 0.15) is 0 Å². The maximum Gasteiger partial charge on any atom is 0.275 e. The van der Waals surface area contributed by atoms with E-state index in [1.54, 1.807) is 6.07 Å². The zero-order valence-corrected chi connectivity index (χ0v) is 16.0. The van der Waals surface area contributed by atoms with Gasteiger partial charge in [-0.05, 0) is 17.4 Å². The molecule has 3 aromatic rings. The van der Waals surface area contributed by atoms with Crippen molar-refractivity contribution in [2.75, 3.05) is 11.4 Å². The summed E-state index contributed by atoms with van der Waals surface area (Å²) in [6.07, 6.45) is 0.745. The average Bonchev–Trinajstić information content (AvgIpc) is 2.98.